The summed E-state index contributed by atoms with van der Waals surface area (Å²) in [4.78, 5) is 28.6. The molecule has 0 aromatic heterocycles. The average Bonchev–Trinajstić information content (AvgIpc) is 2.89. The first-order chi connectivity index (χ1) is 18.2. The molecule has 0 saturated heterocycles. The Labute approximate surface area is 226 Å². The lowest BCUT2D eigenvalue weighted by atomic mass is 10.0. The summed E-state index contributed by atoms with van der Waals surface area (Å²) in [5, 5.41) is 2.89. The summed E-state index contributed by atoms with van der Waals surface area (Å²) in [6.45, 7) is 4.75. The van der Waals surface area contributed by atoms with Crippen molar-refractivity contribution in [1.29, 1.82) is 0 Å². The molecule has 0 fully saturated rings. The highest BCUT2D eigenvalue weighted by Gasteiger charge is 2.30. The number of carbonyl (C=O) groups excluding carboxylic acids is 2. The van der Waals surface area contributed by atoms with Gasteiger partial charge in [0.1, 0.15) is 6.04 Å². The largest absolute Gasteiger partial charge is 0.355 e. The molecule has 8 heteroatoms. The van der Waals surface area contributed by atoms with Gasteiger partial charge in [0, 0.05) is 32.5 Å². The molecule has 0 radical (unpaired) electrons. The van der Waals surface area contributed by atoms with Gasteiger partial charge in [-0.15, -0.1) is 0 Å². The number of benzene rings is 3. The first-order valence-corrected chi connectivity index (χ1v) is 14.7. The number of para-hydroxylation sites is 1. The van der Waals surface area contributed by atoms with Gasteiger partial charge in [-0.05, 0) is 43.5 Å². The van der Waals surface area contributed by atoms with Crippen LogP contribution in [0.1, 0.15) is 36.5 Å². The number of nitrogens with zero attached hydrogens (tertiary/aromatic N) is 2. The maximum Gasteiger partial charge on any atom is 0.243 e. The zero-order valence-electron chi connectivity index (χ0n) is 22.3. The number of carbonyl (C=O) groups is 2. The number of hydrogen-bond donors (Lipinski definition) is 1. The first-order valence-electron chi connectivity index (χ1n) is 12.9. The number of amides is 2. The molecular weight excluding hydrogens is 498 g/mol. The molecule has 0 spiro atoms. The van der Waals surface area contributed by atoms with Crippen LogP contribution in [0.4, 0.5) is 5.69 Å². The number of likely N-dealkylation sites (N-methyl/N-ethyl adjacent to an activating group) is 1. The first kappa shape index (κ1) is 28.9. The van der Waals surface area contributed by atoms with Crippen molar-refractivity contribution in [1.82, 2.24) is 10.2 Å². The second kappa shape index (κ2) is 13.8. The van der Waals surface area contributed by atoms with Gasteiger partial charge in [-0.2, -0.15) is 0 Å². The van der Waals surface area contributed by atoms with Crippen LogP contribution in [0.15, 0.2) is 84.9 Å². The van der Waals surface area contributed by atoms with Crippen LogP contribution in [0.25, 0.3) is 0 Å². The normalized spacial score (nSPS) is 12.0. The van der Waals surface area contributed by atoms with E-state index in [2.05, 4.69) is 5.32 Å². The van der Waals surface area contributed by atoms with E-state index >= 15 is 0 Å². The number of aryl methyl sites for hydroxylation is 1. The predicted molar refractivity (Wildman–Crippen MR) is 152 cm³/mol. The zero-order valence-corrected chi connectivity index (χ0v) is 23.2. The van der Waals surface area contributed by atoms with Gasteiger partial charge in [-0.25, -0.2) is 8.42 Å². The highest BCUT2D eigenvalue weighted by Crippen LogP contribution is 2.20. The van der Waals surface area contributed by atoms with Crippen LogP contribution in [-0.4, -0.2) is 50.5 Å². The van der Waals surface area contributed by atoms with Crippen LogP contribution in [0.5, 0.6) is 0 Å². The van der Waals surface area contributed by atoms with Crippen molar-refractivity contribution in [2.75, 3.05) is 23.7 Å². The minimum absolute atomic E-state index is 0.107. The van der Waals surface area contributed by atoms with Crippen LogP contribution in [-0.2, 0) is 32.6 Å². The van der Waals surface area contributed by atoms with E-state index in [0.29, 0.717) is 25.1 Å². The van der Waals surface area contributed by atoms with Crippen molar-refractivity contribution in [2.24, 2.45) is 0 Å². The van der Waals surface area contributed by atoms with E-state index < -0.39 is 16.1 Å². The molecule has 38 heavy (non-hydrogen) atoms. The summed E-state index contributed by atoms with van der Waals surface area (Å²) < 4.78 is 26.2. The number of nitrogens with one attached hydrogen (secondary N) is 1. The van der Waals surface area contributed by atoms with E-state index in [1.165, 1.54) is 4.31 Å². The van der Waals surface area contributed by atoms with Gasteiger partial charge in [-0.1, -0.05) is 78.4 Å². The molecule has 0 saturated carbocycles. The molecule has 0 aliphatic carbocycles. The van der Waals surface area contributed by atoms with Crippen LogP contribution >= 0.6 is 0 Å². The van der Waals surface area contributed by atoms with Gasteiger partial charge in [0.2, 0.25) is 21.8 Å². The Balaban J connectivity index is 1.85. The van der Waals surface area contributed by atoms with Crippen LogP contribution in [0, 0.1) is 6.92 Å². The van der Waals surface area contributed by atoms with Crippen molar-refractivity contribution in [2.45, 2.75) is 45.7 Å². The van der Waals surface area contributed by atoms with Gasteiger partial charge >= 0.3 is 0 Å². The van der Waals surface area contributed by atoms with Crippen molar-refractivity contribution in [3.8, 4) is 0 Å². The minimum Gasteiger partial charge on any atom is -0.355 e. The maximum atomic E-state index is 13.7. The number of anilines is 1. The Morgan fingerprint density at radius 2 is 1.53 bits per heavy atom. The summed E-state index contributed by atoms with van der Waals surface area (Å²) in [5.74, 6) is -0.403. The van der Waals surface area contributed by atoms with E-state index in [1.807, 2.05) is 74.5 Å². The Morgan fingerprint density at radius 3 is 2.13 bits per heavy atom. The molecule has 0 aliphatic rings. The number of hydrogen-bond acceptors (Lipinski definition) is 4. The molecule has 1 atom stereocenters. The SMILES string of the molecule is CCNC(=O)[C@@H](Cc1ccccc1)N(Cc1cccc(C)c1)C(=O)CCCN(c1ccccc1)S(C)(=O)=O. The molecule has 0 unspecified atom stereocenters. The topological polar surface area (TPSA) is 86.8 Å². The summed E-state index contributed by atoms with van der Waals surface area (Å²) >= 11 is 0. The molecule has 0 heterocycles. The Morgan fingerprint density at radius 1 is 0.895 bits per heavy atom. The smallest absolute Gasteiger partial charge is 0.243 e. The van der Waals surface area contributed by atoms with Gasteiger partial charge < -0.3 is 10.2 Å². The van der Waals surface area contributed by atoms with Crippen molar-refractivity contribution < 1.29 is 18.0 Å². The maximum absolute atomic E-state index is 13.7. The van der Waals surface area contributed by atoms with Crippen molar-refractivity contribution >= 4 is 27.5 Å². The highest BCUT2D eigenvalue weighted by molar-refractivity contribution is 7.92. The fourth-order valence-electron chi connectivity index (χ4n) is 4.45. The van der Waals surface area contributed by atoms with E-state index in [1.54, 1.807) is 29.2 Å². The quantitative estimate of drug-likeness (QED) is 0.353. The van der Waals surface area contributed by atoms with Gasteiger partial charge in [0.15, 0.2) is 0 Å². The molecule has 7 nitrogen and oxygen atoms in total. The summed E-state index contributed by atoms with van der Waals surface area (Å²) in [7, 11) is -3.52. The standard InChI is InChI=1S/C30H37N3O4S/c1-4-31-30(35)28(22-25-14-7-5-8-15-25)32(23-26-16-11-13-24(2)21-26)29(34)19-12-20-33(38(3,36)37)27-17-9-6-10-18-27/h5-11,13-18,21,28H,4,12,19-20,22-23H2,1-3H3,(H,31,35)/t28-/m1/s1. The van der Waals surface area contributed by atoms with Crippen LogP contribution in [0.2, 0.25) is 0 Å². The van der Waals surface area contributed by atoms with Crippen molar-refractivity contribution in [3.05, 3.63) is 102 Å². The zero-order chi connectivity index (χ0) is 27.5. The van der Waals surface area contributed by atoms with Gasteiger partial charge in [-0.3, -0.25) is 13.9 Å². The van der Waals surface area contributed by atoms with E-state index in [-0.39, 0.29) is 31.3 Å². The third kappa shape index (κ3) is 8.45. The molecule has 3 aromatic carbocycles. The lowest BCUT2D eigenvalue weighted by Gasteiger charge is -2.32. The highest BCUT2D eigenvalue weighted by atomic mass is 32.2. The summed E-state index contributed by atoms with van der Waals surface area (Å²) in [6.07, 6.45) is 1.97. The third-order valence-electron chi connectivity index (χ3n) is 6.25. The fraction of sp³-hybridized carbons (Fsp3) is 0.333. The third-order valence-corrected chi connectivity index (χ3v) is 7.45. The second-order valence-corrected chi connectivity index (χ2v) is 11.3. The Kier molecular flexibility index (Phi) is 10.5. The van der Waals surface area contributed by atoms with Crippen molar-refractivity contribution in [3.63, 3.8) is 0 Å². The minimum atomic E-state index is -3.52. The van der Waals surface area contributed by atoms with Gasteiger partial charge in [0.05, 0.1) is 11.9 Å². The van der Waals surface area contributed by atoms with E-state index in [9.17, 15) is 18.0 Å². The molecule has 1 N–H and O–H groups in total. The monoisotopic (exact) mass is 535 g/mol. The molecule has 2 amide bonds. The summed E-state index contributed by atoms with van der Waals surface area (Å²) in [5.41, 5.74) is 3.52. The van der Waals surface area contributed by atoms with Crippen LogP contribution < -0.4 is 9.62 Å². The molecule has 0 aliphatic heterocycles. The number of rotatable bonds is 13. The van der Waals surface area contributed by atoms with Gasteiger partial charge in [0.25, 0.3) is 0 Å². The Hall–Kier alpha value is -3.65. The van der Waals surface area contributed by atoms with Crippen LogP contribution in [0.3, 0.4) is 0 Å². The average molecular weight is 536 g/mol. The lowest BCUT2D eigenvalue weighted by Crippen LogP contribution is -2.50. The fourth-order valence-corrected chi connectivity index (χ4v) is 5.42. The Bertz CT molecular complexity index is 1300. The molecule has 202 valence electrons. The molecule has 0 bridgehead atoms. The summed E-state index contributed by atoms with van der Waals surface area (Å²) in [6, 6.07) is 25.7. The van der Waals surface area contributed by atoms with E-state index in [0.717, 1.165) is 22.9 Å². The number of sulfonamides is 1. The second-order valence-electron chi connectivity index (χ2n) is 9.39. The molecule has 3 aromatic rings. The predicted octanol–water partition coefficient (Wildman–Crippen LogP) is 4.32. The molecular formula is C30H37N3O4S. The van der Waals surface area contributed by atoms with E-state index in [4.69, 9.17) is 0 Å². The molecule has 3 rings (SSSR count). The lowest BCUT2D eigenvalue weighted by molar-refractivity contribution is -0.141.